The van der Waals surface area contributed by atoms with E-state index in [2.05, 4.69) is 26.2 Å². The minimum absolute atomic E-state index is 0.0482. The molecule has 2 aliphatic heterocycles. The van der Waals surface area contributed by atoms with Crippen molar-refractivity contribution < 1.29 is 9.90 Å². The number of benzene rings is 1. The van der Waals surface area contributed by atoms with Gasteiger partial charge in [0.15, 0.2) is 5.82 Å². The molecule has 188 valence electrons. The number of hydrogen-bond acceptors (Lipinski definition) is 6. The number of aryl methyl sites for hydroxylation is 1. The second kappa shape index (κ2) is 10.1. The lowest BCUT2D eigenvalue weighted by atomic mass is 9.76. The largest absolute Gasteiger partial charge is 0.481 e. The summed E-state index contributed by atoms with van der Waals surface area (Å²) >= 11 is 12.9. The number of aliphatic carboxylic acids is 1. The number of carbonyl (C=O) groups is 1. The molecule has 5 rings (SSSR count). The summed E-state index contributed by atoms with van der Waals surface area (Å²) in [5.74, 6) is 1.80. The van der Waals surface area contributed by atoms with Crippen LogP contribution in [0.3, 0.4) is 0 Å². The highest BCUT2D eigenvalue weighted by molar-refractivity contribution is 6.33. The fourth-order valence-electron chi connectivity index (χ4n) is 5.70. The number of aromatic nitrogens is 2. The van der Waals surface area contributed by atoms with Crippen LogP contribution in [0.5, 0.6) is 0 Å². The highest BCUT2D eigenvalue weighted by Gasteiger charge is 2.42. The first-order valence-electron chi connectivity index (χ1n) is 12.6. The summed E-state index contributed by atoms with van der Waals surface area (Å²) in [6.45, 7) is 8.14. The quantitative estimate of drug-likeness (QED) is 0.517. The molecule has 0 spiro atoms. The molecule has 9 heteroatoms. The van der Waals surface area contributed by atoms with Gasteiger partial charge in [-0.05, 0) is 75.1 Å². The molecule has 0 bridgehead atoms. The monoisotopic (exact) mass is 517 g/mol. The van der Waals surface area contributed by atoms with Crippen molar-refractivity contribution in [2.45, 2.75) is 51.6 Å². The Labute approximate surface area is 216 Å². The van der Waals surface area contributed by atoms with E-state index >= 15 is 0 Å². The lowest BCUT2D eigenvalue weighted by Gasteiger charge is -2.50. The van der Waals surface area contributed by atoms with Crippen molar-refractivity contribution in [3.05, 3.63) is 45.6 Å². The number of likely N-dealkylation sites (tertiary alicyclic amines) is 1. The Hall–Kier alpha value is -2.09. The first-order valence-corrected chi connectivity index (χ1v) is 13.3. The fourth-order valence-corrected chi connectivity index (χ4v) is 6.24. The molecule has 0 unspecified atom stereocenters. The van der Waals surface area contributed by atoms with E-state index in [1.807, 2.05) is 26.0 Å². The maximum absolute atomic E-state index is 11.2. The Morgan fingerprint density at radius 2 is 1.94 bits per heavy atom. The number of halogens is 2. The SMILES string of the molecule is Cc1ccc([C@@H](C)Nc2nc(N3CC([C@H]4CCCN([C@H]5C[C@@H](C(=O)O)C5)C4)C3)ncc2Cl)c(Cl)c1. The molecule has 1 aromatic carbocycles. The van der Waals surface area contributed by atoms with E-state index in [0.29, 0.717) is 34.7 Å². The van der Waals surface area contributed by atoms with Crippen molar-refractivity contribution in [2.75, 3.05) is 36.4 Å². The molecule has 0 amide bonds. The lowest BCUT2D eigenvalue weighted by molar-refractivity contribution is -0.147. The van der Waals surface area contributed by atoms with E-state index < -0.39 is 5.97 Å². The second-order valence-corrected chi connectivity index (χ2v) is 11.3. The Kier molecular flexibility index (Phi) is 7.11. The maximum Gasteiger partial charge on any atom is 0.306 e. The van der Waals surface area contributed by atoms with Gasteiger partial charge in [0, 0.05) is 30.7 Å². The number of anilines is 2. The summed E-state index contributed by atoms with van der Waals surface area (Å²) in [5.41, 5.74) is 2.12. The van der Waals surface area contributed by atoms with Gasteiger partial charge in [0.1, 0.15) is 5.02 Å². The van der Waals surface area contributed by atoms with Crippen LogP contribution < -0.4 is 10.2 Å². The second-order valence-electron chi connectivity index (χ2n) is 10.5. The molecular formula is C26H33Cl2N5O2. The smallest absolute Gasteiger partial charge is 0.306 e. The predicted octanol–water partition coefficient (Wildman–Crippen LogP) is 5.28. The van der Waals surface area contributed by atoms with Gasteiger partial charge in [0.05, 0.1) is 18.2 Å². The summed E-state index contributed by atoms with van der Waals surface area (Å²) in [4.78, 5) is 25.1. The van der Waals surface area contributed by atoms with Crippen molar-refractivity contribution in [3.63, 3.8) is 0 Å². The lowest BCUT2D eigenvalue weighted by Crippen LogP contribution is -2.56. The minimum Gasteiger partial charge on any atom is -0.481 e. The molecule has 0 radical (unpaired) electrons. The molecule has 3 fully saturated rings. The van der Waals surface area contributed by atoms with Crippen LogP contribution in [0.1, 0.15) is 49.8 Å². The third kappa shape index (κ3) is 5.23. The summed E-state index contributed by atoms with van der Waals surface area (Å²) in [6, 6.07) is 6.45. The molecule has 1 aliphatic carbocycles. The molecule has 2 N–H and O–H groups in total. The van der Waals surface area contributed by atoms with Gasteiger partial charge in [-0.25, -0.2) is 4.98 Å². The minimum atomic E-state index is -0.641. The van der Waals surface area contributed by atoms with E-state index in [1.165, 1.54) is 12.8 Å². The average Bonchev–Trinajstić information content (AvgIpc) is 2.74. The number of hydrogen-bond donors (Lipinski definition) is 2. The van der Waals surface area contributed by atoms with Gasteiger partial charge in [0.25, 0.3) is 0 Å². The van der Waals surface area contributed by atoms with Crippen LogP contribution in [0, 0.1) is 24.7 Å². The van der Waals surface area contributed by atoms with Gasteiger partial charge in [-0.2, -0.15) is 4.98 Å². The highest BCUT2D eigenvalue weighted by Crippen LogP contribution is 2.38. The number of rotatable bonds is 7. The summed E-state index contributed by atoms with van der Waals surface area (Å²) in [5, 5.41) is 13.8. The zero-order chi connectivity index (χ0) is 24.7. The van der Waals surface area contributed by atoms with E-state index in [1.54, 1.807) is 6.20 Å². The van der Waals surface area contributed by atoms with Crippen molar-refractivity contribution in [1.82, 2.24) is 14.9 Å². The first-order chi connectivity index (χ1) is 16.8. The van der Waals surface area contributed by atoms with Gasteiger partial charge >= 0.3 is 5.97 Å². The number of carboxylic acids is 1. The van der Waals surface area contributed by atoms with Crippen LogP contribution in [-0.2, 0) is 4.79 Å². The normalized spacial score (nSPS) is 26.1. The molecule has 1 saturated carbocycles. The zero-order valence-electron chi connectivity index (χ0n) is 20.3. The Morgan fingerprint density at radius 1 is 1.17 bits per heavy atom. The van der Waals surface area contributed by atoms with Crippen molar-refractivity contribution in [3.8, 4) is 0 Å². The predicted molar refractivity (Wildman–Crippen MR) is 139 cm³/mol. The van der Waals surface area contributed by atoms with Crippen LogP contribution in [-0.4, -0.2) is 58.2 Å². The number of nitrogens with zero attached hydrogens (tertiary/aromatic N) is 4. The van der Waals surface area contributed by atoms with Gasteiger partial charge in [-0.3, -0.25) is 4.79 Å². The van der Waals surface area contributed by atoms with Gasteiger partial charge in [-0.15, -0.1) is 0 Å². The average molecular weight is 518 g/mol. The standard InChI is InChI=1S/C26H33Cl2N5O2/c1-15-5-6-21(22(27)8-15)16(2)30-24-23(28)11-29-26(31-24)33-13-19(14-33)17-4-3-7-32(12-17)20-9-18(10-20)25(34)35/h5-6,8,11,16-20H,3-4,7,9-10,12-14H2,1-2H3,(H,34,35)(H,29,30,31)/t16-,17+,18-,20+/m1/s1. The van der Waals surface area contributed by atoms with E-state index in [4.69, 9.17) is 28.2 Å². The van der Waals surface area contributed by atoms with Crippen molar-refractivity contribution in [1.29, 1.82) is 0 Å². The highest BCUT2D eigenvalue weighted by atomic mass is 35.5. The maximum atomic E-state index is 11.2. The van der Waals surface area contributed by atoms with Crippen LogP contribution >= 0.6 is 23.2 Å². The van der Waals surface area contributed by atoms with Crippen molar-refractivity contribution >= 4 is 40.9 Å². The number of carboxylic acid groups (broad SMARTS) is 1. The molecule has 3 aliphatic rings. The van der Waals surface area contributed by atoms with E-state index in [9.17, 15) is 9.90 Å². The molecule has 35 heavy (non-hydrogen) atoms. The molecule has 2 atom stereocenters. The molecule has 2 aromatic rings. The van der Waals surface area contributed by atoms with Gasteiger partial charge in [-0.1, -0.05) is 35.3 Å². The van der Waals surface area contributed by atoms with Crippen molar-refractivity contribution in [2.24, 2.45) is 17.8 Å². The number of nitrogens with one attached hydrogen (secondary N) is 1. The summed E-state index contributed by atoms with van der Waals surface area (Å²) in [7, 11) is 0. The zero-order valence-corrected chi connectivity index (χ0v) is 21.8. The third-order valence-electron chi connectivity index (χ3n) is 8.03. The molecule has 1 aromatic heterocycles. The molecular weight excluding hydrogens is 485 g/mol. The van der Waals surface area contributed by atoms with Crippen LogP contribution in [0.15, 0.2) is 24.4 Å². The number of piperidine rings is 1. The summed E-state index contributed by atoms with van der Waals surface area (Å²) in [6.07, 6.45) is 5.72. The first kappa shape index (κ1) is 24.6. The topological polar surface area (TPSA) is 81.6 Å². The summed E-state index contributed by atoms with van der Waals surface area (Å²) < 4.78 is 0. The Morgan fingerprint density at radius 3 is 2.66 bits per heavy atom. The van der Waals surface area contributed by atoms with Crippen LogP contribution in [0.2, 0.25) is 10.0 Å². The molecule has 3 heterocycles. The molecule has 7 nitrogen and oxygen atoms in total. The van der Waals surface area contributed by atoms with E-state index in [-0.39, 0.29) is 12.0 Å². The fraction of sp³-hybridized carbons (Fsp3) is 0.577. The Balaban J connectivity index is 1.17. The van der Waals surface area contributed by atoms with Crippen LogP contribution in [0.4, 0.5) is 11.8 Å². The Bertz CT molecular complexity index is 1090. The van der Waals surface area contributed by atoms with Gasteiger partial charge in [0.2, 0.25) is 5.95 Å². The van der Waals surface area contributed by atoms with Crippen LogP contribution in [0.25, 0.3) is 0 Å². The van der Waals surface area contributed by atoms with E-state index in [0.717, 1.165) is 55.2 Å². The third-order valence-corrected chi connectivity index (χ3v) is 8.64. The molecule has 2 saturated heterocycles. The van der Waals surface area contributed by atoms with Gasteiger partial charge < -0.3 is 20.2 Å².